The topological polar surface area (TPSA) is 62.0 Å². The number of aliphatic carboxylic acids is 1. The summed E-state index contributed by atoms with van der Waals surface area (Å²) in [5, 5.41) is 9.28. The molecule has 0 fully saturated rings. The minimum Gasteiger partial charge on any atom is -0.481 e. The monoisotopic (exact) mass is 186 g/mol. The summed E-state index contributed by atoms with van der Waals surface area (Å²) >= 11 is 1.46. The highest BCUT2D eigenvalue weighted by molar-refractivity contribution is 8.14. The van der Waals surface area contributed by atoms with Gasteiger partial charge in [-0.25, -0.2) is 4.99 Å². The number of aliphatic imine (C=N–C) groups is 2. The summed E-state index contributed by atoms with van der Waals surface area (Å²) in [5.41, 5.74) is 0. The van der Waals surface area contributed by atoms with Crippen molar-refractivity contribution in [1.82, 2.24) is 0 Å². The highest BCUT2D eigenvalue weighted by Crippen LogP contribution is 2.14. The van der Waals surface area contributed by atoms with Crippen LogP contribution in [0.4, 0.5) is 0 Å². The summed E-state index contributed by atoms with van der Waals surface area (Å²) in [4.78, 5) is 18.2. The largest absolute Gasteiger partial charge is 0.481 e. The van der Waals surface area contributed by atoms with Crippen molar-refractivity contribution in [3.05, 3.63) is 0 Å². The maximum Gasteiger partial charge on any atom is 0.304 e. The SMILES string of the molecule is CC1N=CN=C1SCCC(=O)O. The molecule has 4 nitrogen and oxygen atoms in total. The fraction of sp³-hybridized carbons (Fsp3) is 0.571. The van der Waals surface area contributed by atoms with Gasteiger partial charge in [-0.05, 0) is 6.92 Å². The van der Waals surface area contributed by atoms with E-state index in [1.165, 1.54) is 18.1 Å². The second-order valence-electron chi connectivity index (χ2n) is 2.40. The van der Waals surface area contributed by atoms with Crippen molar-refractivity contribution in [1.29, 1.82) is 0 Å². The van der Waals surface area contributed by atoms with Crippen molar-refractivity contribution in [2.75, 3.05) is 5.75 Å². The van der Waals surface area contributed by atoms with E-state index in [-0.39, 0.29) is 12.5 Å². The Hall–Kier alpha value is -0.840. The molecule has 1 aliphatic rings. The summed E-state index contributed by atoms with van der Waals surface area (Å²) in [6, 6.07) is 0.115. The van der Waals surface area contributed by atoms with Crippen molar-refractivity contribution in [3.8, 4) is 0 Å². The molecule has 0 aromatic rings. The third-order valence-electron chi connectivity index (χ3n) is 1.40. The molecule has 0 radical (unpaired) electrons. The molecule has 1 unspecified atom stereocenters. The van der Waals surface area contributed by atoms with Gasteiger partial charge < -0.3 is 5.11 Å². The fourth-order valence-corrected chi connectivity index (χ4v) is 1.67. The van der Waals surface area contributed by atoms with E-state index in [1.807, 2.05) is 6.92 Å². The molecule has 1 heterocycles. The van der Waals surface area contributed by atoms with E-state index >= 15 is 0 Å². The van der Waals surface area contributed by atoms with Crippen LogP contribution in [-0.4, -0.2) is 34.3 Å². The molecule has 66 valence electrons. The van der Waals surface area contributed by atoms with Gasteiger partial charge in [0.1, 0.15) is 6.34 Å². The van der Waals surface area contributed by atoms with Gasteiger partial charge in [-0.1, -0.05) is 0 Å². The summed E-state index contributed by atoms with van der Waals surface area (Å²) in [6.45, 7) is 1.94. The summed E-state index contributed by atoms with van der Waals surface area (Å²) < 4.78 is 0. The number of thioether (sulfide) groups is 1. The standard InChI is InChI=1S/C7H10N2O2S/c1-5-7(9-4-8-5)12-3-2-6(10)11/h4-5H,2-3H2,1H3,(H,10,11). The Bertz CT molecular complexity index is 238. The zero-order valence-electron chi connectivity index (χ0n) is 6.73. The molecule has 0 saturated heterocycles. The quantitative estimate of drug-likeness (QED) is 0.715. The lowest BCUT2D eigenvalue weighted by molar-refractivity contribution is -0.136. The highest BCUT2D eigenvalue weighted by atomic mass is 32.2. The van der Waals surface area contributed by atoms with E-state index in [2.05, 4.69) is 9.98 Å². The number of hydrogen-bond donors (Lipinski definition) is 1. The summed E-state index contributed by atoms with van der Waals surface area (Å²) in [6.07, 6.45) is 1.70. The van der Waals surface area contributed by atoms with Crippen molar-refractivity contribution >= 4 is 29.1 Å². The van der Waals surface area contributed by atoms with Crippen LogP contribution in [0.25, 0.3) is 0 Å². The first-order valence-electron chi connectivity index (χ1n) is 3.64. The number of nitrogens with zero attached hydrogens (tertiary/aromatic N) is 2. The van der Waals surface area contributed by atoms with Crippen molar-refractivity contribution in [3.63, 3.8) is 0 Å². The minimum absolute atomic E-state index is 0.115. The first kappa shape index (κ1) is 9.25. The van der Waals surface area contributed by atoms with E-state index in [0.717, 1.165) is 5.04 Å². The fourth-order valence-electron chi connectivity index (χ4n) is 0.763. The van der Waals surface area contributed by atoms with E-state index in [4.69, 9.17) is 5.11 Å². The molecule has 0 amide bonds. The Kier molecular flexibility index (Phi) is 3.28. The van der Waals surface area contributed by atoms with Gasteiger partial charge >= 0.3 is 5.97 Å². The van der Waals surface area contributed by atoms with Gasteiger partial charge in [0.2, 0.25) is 0 Å². The van der Waals surface area contributed by atoms with E-state index < -0.39 is 5.97 Å². The van der Waals surface area contributed by atoms with Gasteiger partial charge in [-0.2, -0.15) is 0 Å². The Balaban J connectivity index is 2.21. The number of hydrogen-bond acceptors (Lipinski definition) is 4. The summed E-state index contributed by atoms with van der Waals surface area (Å²) in [5.74, 6) is -0.198. The minimum atomic E-state index is -0.769. The number of carbonyl (C=O) groups is 1. The van der Waals surface area contributed by atoms with Gasteiger partial charge in [0.25, 0.3) is 0 Å². The average Bonchev–Trinajstić information content (AvgIpc) is 2.36. The first-order valence-corrected chi connectivity index (χ1v) is 4.62. The van der Waals surface area contributed by atoms with Gasteiger partial charge in [0.15, 0.2) is 0 Å². The highest BCUT2D eigenvalue weighted by Gasteiger charge is 2.13. The number of carboxylic acids is 1. The molecule has 0 aliphatic carbocycles. The average molecular weight is 186 g/mol. The van der Waals surface area contributed by atoms with Crippen LogP contribution in [0, 0.1) is 0 Å². The molecular weight excluding hydrogens is 176 g/mol. The molecule has 0 aromatic carbocycles. The molecule has 1 atom stereocenters. The Morgan fingerprint density at radius 1 is 1.83 bits per heavy atom. The first-order chi connectivity index (χ1) is 5.70. The van der Waals surface area contributed by atoms with Crippen LogP contribution in [0.1, 0.15) is 13.3 Å². The molecule has 1 aliphatic heterocycles. The van der Waals surface area contributed by atoms with Gasteiger partial charge in [-0.15, -0.1) is 11.8 Å². The molecule has 0 saturated carbocycles. The molecule has 0 aromatic heterocycles. The molecule has 1 rings (SSSR count). The van der Waals surface area contributed by atoms with Gasteiger partial charge in [0, 0.05) is 5.75 Å². The smallest absolute Gasteiger partial charge is 0.304 e. The van der Waals surface area contributed by atoms with Crippen LogP contribution < -0.4 is 0 Å². The predicted molar refractivity (Wildman–Crippen MR) is 50.1 cm³/mol. The molecular formula is C7H10N2O2S. The number of carboxylic acid groups (broad SMARTS) is 1. The second kappa shape index (κ2) is 4.25. The second-order valence-corrected chi connectivity index (χ2v) is 3.52. The van der Waals surface area contributed by atoms with Crippen LogP contribution in [0.15, 0.2) is 9.98 Å². The van der Waals surface area contributed by atoms with Crippen molar-refractivity contribution < 1.29 is 9.90 Å². The normalized spacial score (nSPS) is 21.1. The van der Waals surface area contributed by atoms with E-state index in [1.54, 1.807) is 0 Å². The third kappa shape index (κ3) is 2.65. The Morgan fingerprint density at radius 2 is 2.58 bits per heavy atom. The lowest BCUT2D eigenvalue weighted by Crippen LogP contribution is -2.08. The lowest BCUT2D eigenvalue weighted by Gasteiger charge is -2.02. The zero-order chi connectivity index (χ0) is 8.97. The number of rotatable bonds is 3. The maximum atomic E-state index is 10.2. The van der Waals surface area contributed by atoms with Gasteiger partial charge in [-0.3, -0.25) is 9.79 Å². The van der Waals surface area contributed by atoms with Crippen LogP contribution in [0.2, 0.25) is 0 Å². The van der Waals surface area contributed by atoms with Crippen LogP contribution in [0.5, 0.6) is 0 Å². The van der Waals surface area contributed by atoms with Crippen molar-refractivity contribution in [2.45, 2.75) is 19.4 Å². The van der Waals surface area contributed by atoms with Crippen LogP contribution in [0.3, 0.4) is 0 Å². The van der Waals surface area contributed by atoms with Crippen LogP contribution >= 0.6 is 11.8 Å². The molecule has 0 spiro atoms. The zero-order valence-corrected chi connectivity index (χ0v) is 7.54. The van der Waals surface area contributed by atoms with E-state index in [0.29, 0.717) is 5.75 Å². The van der Waals surface area contributed by atoms with Gasteiger partial charge in [0.05, 0.1) is 17.5 Å². The molecule has 12 heavy (non-hydrogen) atoms. The molecule has 5 heteroatoms. The third-order valence-corrected chi connectivity index (χ3v) is 2.55. The summed E-state index contributed by atoms with van der Waals surface area (Å²) in [7, 11) is 0. The molecule has 0 bridgehead atoms. The Labute approximate surface area is 74.8 Å². The molecule has 1 N–H and O–H groups in total. The van der Waals surface area contributed by atoms with Crippen LogP contribution in [-0.2, 0) is 4.79 Å². The Morgan fingerprint density at radius 3 is 3.08 bits per heavy atom. The van der Waals surface area contributed by atoms with Crippen molar-refractivity contribution in [2.24, 2.45) is 9.98 Å². The maximum absolute atomic E-state index is 10.2. The van der Waals surface area contributed by atoms with E-state index in [9.17, 15) is 4.79 Å². The predicted octanol–water partition coefficient (Wildman–Crippen LogP) is 1.02. The lowest BCUT2D eigenvalue weighted by atomic mass is 10.4.